The molecule has 3 heteroatoms. The van der Waals surface area contributed by atoms with Gasteiger partial charge in [0.15, 0.2) is 0 Å². The second-order valence-electron chi connectivity index (χ2n) is 2.74. The van der Waals surface area contributed by atoms with Crippen LogP contribution in [0, 0.1) is 0 Å². The summed E-state index contributed by atoms with van der Waals surface area (Å²) >= 11 is 0. The van der Waals surface area contributed by atoms with Gasteiger partial charge in [0, 0.05) is 20.2 Å². The molecule has 0 unspecified atom stereocenters. The fraction of sp³-hybridized carbons (Fsp3) is 1.00. The summed E-state index contributed by atoms with van der Waals surface area (Å²) in [6.45, 7) is 4.27. The van der Waals surface area contributed by atoms with Crippen molar-refractivity contribution in [3.63, 3.8) is 0 Å². The zero-order valence-corrected chi connectivity index (χ0v) is 7.46. The topological polar surface area (TPSA) is 21.3 Å². The number of rotatable bonds is 3. The summed E-state index contributed by atoms with van der Waals surface area (Å²) in [5, 5.41) is 3.21. The first-order valence-corrected chi connectivity index (χ1v) is 3.59. The smallest absolute Gasteiger partial charge is 0.0925 e. The molecule has 0 radical (unpaired) electrons. The average Bonchev–Trinajstić information content (AvgIpc) is 1.79. The lowest BCUT2D eigenvalue weighted by atomic mass is 9.92. The zero-order chi connectivity index (χ0) is 6.74. The highest BCUT2D eigenvalue weighted by Gasteiger charge is 2.35. The lowest BCUT2D eigenvalue weighted by Crippen LogP contribution is -2.60. The van der Waals surface area contributed by atoms with Crippen molar-refractivity contribution in [3.8, 4) is 0 Å². The highest BCUT2D eigenvalue weighted by molar-refractivity contribution is 5.85. The molecule has 0 aromatic rings. The molecule has 0 bridgehead atoms. The Bertz CT molecular complexity index is 88.1. The lowest BCUT2D eigenvalue weighted by Gasteiger charge is -2.41. The molecule has 10 heavy (non-hydrogen) atoms. The van der Waals surface area contributed by atoms with Gasteiger partial charge in [-0.15, -0.1) is 12.4 Å². The van der Waals surface area contributed by atoms with Crippen LogP contribution in [0.2, 0.25) is 0 Å². The molecule has 0 spiro atoms. The van der Waals surface area contributed by atoms with Crippen molar-refractivity contribution in [3.05, 3.63) is 0 Å². The second-order valence-corrected chi connectivity index (χ2v) is 2.74. The van der Waals surface area contributed by atoms with E-state index in [-0.39, 0.29) is 18.0 Å². The van der Waals surface area contributed by atoms with E-state index in [0.29, 0.717) is 0 Å². The third kappa shape index (κ3) is 1.84. The molecule has 1 aliphatic rings. The quantitative estimate of drug-likeness (QED) is 0.679. The van der Waals surface area contributed by atoms with Crippen molar-refractivity contribution in [2.24, 2.45) is 0 Å². The number of ether oxygens (including phenoxy) is 1. The first-order valence-electron chi connectivity index (χ1n) is 3.59. The SMILES string of the molecule is CCCC1(OC)CNC1.Cl. The molecule has 2 nitrogen and oxygen atoms in total. The maximum Gasteiger partial charge on any atom is 0.0925 e. The molecule has 1 saturated heterocycles. The van der Waals surface area contributed by atoms with Gasteiger partial charge in [-0.05, 0) is 6.42 Å². The molecule has 1 heterocycles. The van der Waals surface area contributed by atoms with Gasteiger partial charge < -0.3 is 10.1 Å². The van der Waals surface area contributed by atoms with Crippen molar-refractivity contribution < 1.29 is 4.74 Å². The van der Waals surface area contributed by atoms with Crippen LogP contribution in [0.3, 0.4) is 0 Å². The van der Waals surface area contributed by atoms with E-state index in [1.54, 1.807) is 7.11 Å². The average molecular weight is 166 g/mol. The van der Waals surface area contributed by atoms with E-state index < -0.39 is 0 Å². The molecule has 1 N–H and O–H groups in total. The maximum atomic E-state index is 5.35. The Morgan fingerprint density at radius 3 is 2.20 bits per heavy atom. The molecular weight excluding hydrogens is 150 g/mol. The molecule has 0 saturated carbocycles. The van der Waals surface area contributed by atoms with Gasteiger partial charge in [-0.1, -0.05) is 13.3 Å². The van der Waals surface area contributed by atoms with Crippen molar-refractivity contribution in [2.75, 3.05) is 20.2 Å². The predicted octanol–water partition coefficient (Wildman–Crippen LogP) is 1.20. The summed E-state index contributed by atoms with van der Waals surface area (Å²) < 4.78 is 5.35. The summed E-state index contributed by atoms with van der Waals surface area (Å²) in [6.07, 6.45) is 2.41. The van der Waals surface area contributed by atoms with Gasteiger partial charge in [0.05, 0.1) is 5.60 Å². The molecule has 0 amide bonds. The highest BCUT2D eigenvalue weighted by atomic mass is 35.5. The molecule has 0 aliphatic carbocycles. The Morgan fingerprint density at radius 2 is 2.10 bits per heavy atom. The number of methoxy groups -OCH3 is 1. The molecular formula is C7H16ClNO. The van der Waals surface area contributed by atoms with Gasteiger partial charge in [-0.25, -0.2) is 0 Å². The molecule has 1 rings (SSSR count). The summed E-state index contributed by atoms with van der Waals surface area (Å²) in [7, 11) is 1.80. The maximum absolute atomic E-state index is 5.35. The largest absolute Gasteiger partial charge is 0.376 e. The third-order valence-corrected chi connectivity index (χ3v) is 2.03. The van der Waals surface area contributed by atoms with E-state index in [0.717, 1.165) is 13.1 Å². The standard InChI is InChI=1S/C7H15NO.ClH/c1-3-4-7(9-2)5-8-6-7;/h8H,3-6H2,1-2H3;1H. The summed E-state index contributed by atoms with van der Waals surface area (Å²) in [5.74, 6) is 0. The number of hydrogen-bond donors (Lipinski definition) is 1. The van der Waals surface area contributed by atoms with E-state index in [1.165, 1.54) is 12.8 Å². The van der Waals surface area contributed by atoms with Gasteiger partial charge in [0.1, 0.15) is 0 Å². The van der Waals surface area contributed by atoms with E-state index in [2.05, 4.69) is 12.2 Å². The van der Waals surface area contributed by atoms with Crippen LogP contribution in [0.5, 0.6) is 0 Å². The fourth-order valence-corrected chi connectivity index (χ4v) is 1.28. The van der Waals surface area contributed by atoms with Crippen molar-refractivity contribution >= 4 is 12.4 Å². The summed E-state index contributed by atoms with van der Waals surface area (Å²) in [6, 6.07) is 0. The lowest BCUT2D eigenvalue weighted by molar-refractivity contribution is -0.0573. The van der Waals surface area contributed by atoms with Gasteiger partial charge in [0.25, 0.3) is 0 Å². The molecule has 0 aromatic carbocycles. The zero-order valence-electron chi connectivity index (χ0n) is 6.64. The van der Waals surface area contributed by atoms with Gasteiger partial charge in [-0.3, -0.25) is 0 Å². The number of nitrogens with one attached hydrogen (secondary N) is 1. The Morgan fingerprint density at radius 1 is 1.50 bits per heavy atom. The van der Waals surface area contributed by atoms with Gasteiger partial charge in [0.2, 0.25) is 0 Å². The molecule has 0 atom stereocenters. The first-order chi connectivity index (χ1) is 4.33. The van der Waals surface area contributed by atoms with E-state index in [1.807, 2.05) is 0 Å². The van der Waals surface area contributed by atoms with Crippen LogP contribution in [0.15, 0.2) is 0 Å². The van der Waals surface area contributed by atoms with Crippen LogP contribution < -0.4 is 5.32 Å². The Hall–Kier alpha value is 0.210. The van der Waals surface area contributed by atoms with Crippen molar-refractivity contribution in [2.45, 2.75) is 25.4 Å². The fourth-order valence-electron chi connectivity index (χ4n) is 1.28. The summed E-state index contributed by atoms with van der Waals surface area (Å²) in [5.41, 5.74) is 0.203. The van der Waals surface area contributed by atoms with Crippen LogP contribution in [-0.4, -0.2) is 25.8 Å². The number of halogens is 1. The minimum absolute atomic E-state index is 0. The monoisotopic (exact) mass is 165 g/mol. The Balaban J connectivity index is 0.000000810. The van der Waals surface area contributed by atoms with E-state index in [9.17, 15) is 0 Å². The third-order valence-electron chi connectivity index (χ3n) is 2.03. The minimum Gasteiger partial charge on any atom is -0.376 e. The van der Waals surface area contributed by atoms with Crippen molar-refractivity contribution in [1.29, 1.82) is 0 Å². The van der Waals surface area contributed by atoms with Crippen LogP contribution in [0.4, 0.5) is 0 Å². The predicted molar refractivity (Wildman–Crippen MR) is 44.8 cm³/mol. The van der Waals surface area contributed by atoms with Crippen molar-refractivity contribution in [1.82, 2.24) is 5.32 Å². The highest BCUT2D eigenvalue weighted by Crippen LogP contribution is 2.21. The normalized spacial score (nSPS) is 21.0. The van der Waals surface area contributed by atoms with Crippen LogP contribution >= 0.6 is 12.4 Å². The molecule has 1 aliphatic heterocycles. The second kappa shape index (κ2) is 4.16. The Kier molecular flexibility index (Phi) is 4.25. The minimum atomic E-state index is 0. The molecule has 1 fully saturated rings. The van der Waals surface area contributed by atoms with Crippen LogP contribution in [-0.2, 0) is 4.74 Å². The molecule has 0 aromatic heterocycles. The summed E-state index contributed by atoms with van der Waals surface area (Å²) in [4.78, 5) is 0. The first kappa shape index (κ1) is 10.2. The van der Waals surface area contributed by atoms with Crippen LogP contribution in [0.25, 0.3) is 0 Å². The van der Waals surface area contributed by atoms with Crippen LogP contribution in [0.1, 0.15) is 19.8 Å². The molecule has 62 valence electrons. The van der Waals surface area contributed by atoms with E-state index >= 15 is 0 Å². The number of hydrogen-bond acceptors (Lipinski definition) is 2. The van der Waals surface area contributed by atoms with Gasteiger partial charge >= 0.3 is 0 Å². The van der Waals surface area contributed by atoms with Gasteiger partial charge in [-0.2, -0.15) is 0 Å². The Labute approximate surface area is 68.7 Å². The van der Waals surface area contributed by atoms with E-state index in [4.69, 9.17) is 4.74 Å².